The Morgan fingerprint density at radius 1 is 0.467 bits per heavy atom. The first-order valence-electron chi connectivity index (χ1n) is 20.9. The molecule has 0 radical (unpaired) electrons. The van der Waals surface area contributed by atoms with Gasteiger partial charge in [0, 0.05) is 21.9 Å². The lowest BCUT2D eigenvalue weighted by molar-refractivity contribution is 0.411. The summed E-state index contributed by atoms with van der Waals surface area (Å²) >= 11 is 0. The van der Waals surface area contributed by atoms with E-state index in [1.807, 2.05) is 0 Å². The van der Waals surface area contributed by atoms with Crippen molar-refractivity contribution in [3.63, 3.8) is 0 Å². The number of benzene rings is 9. The quantitative estimate of drug-likeness (QED) is 0.187. The Bertz CT molecular complexity index is 3400. The normalized spacial score (nSPS) is 18.6. The minimum Gasteiger partial charge on any atom is -0.350 e. The predicted octanol–water partition coefficient (Wildman–Crippen LogP) is 12.6. The highest BCUT2D eigenvalue weighted by atomic mass is 15.3. The molecule has 1 aliphatic carbocycles. The lowest BCUT2D eigenvalue weighted by Crippen LogP contribution is -2.45. The van der Waals surface area contributed by atoms with Gasteiger partial charge in [0.05, 0.1) is 22.1 Å². The summed E-state index contributed by atoms with van der Waals surface area (Å²) < 4.78 is 2.51. The number of hydrogen-bond acceptors (Lipinski definition) is 3. The van der Waals surface area contributed by atoms with E-state index in [2.05, 4.69) is 221 Å². The van der Waals surface area contributed by atoms with E-state index >= 15 is 0 Å². The van der Waals surface area contributed by atoms with Gasteiger partial charge in [0.25, 0.3) is 0 Å². The van der Waals surface area contributed by atoms with Crippen LogP contribution in [0.25, 0.3) is 60.5 Å². The minimum absolute atomic E-state index is 0.153. The minimum atomic E-state index is -0.538. The zero-order chi connectivity index (χ0) is 39.4. The van der Waals surface area contributed by atoms with E-state index < -0.39 is 5.41 Å². The lowest BCUT2D eigenvalue weighted by Gasteiger charge is -2.39. The summed E-state index contributed by atoms with van der Waals surface area (Å²) in [6.07, 6.45) is -0.494. The molecule has 9 aromatic carbocycles. The SMILES string of the molecule is c1ccc(C2=NC(c3c(-c4ccc5c(c4)C4(c6ccccc6-5)c5ccccc5-n5c6ccccc6c6cccc4c65)ccc4ccccc34)NC(c3ccccc3)N2)cc1. The number of rotatable bonds is 4. The zero-order valence-corrected chi connectivity index (χ0v) is 32.7. The highest BCUT2D eigenvalue weighted by Gasteiger charge is 2.51. The molecule has 0 saturated heterocycles. The number of amidine groups is 1. The van der Waals surface area contributed by atoms with Gasteiger partial charge >= 0.3 is 0 Å². The van der Waals surface area contributed by atoms with Gasteiger partial charge in [-0.1, -0.05) is 188 Å². The second-order valence-electron chi connectivity index (χ2n) is 16.3. The highest BCUT2D eigenvalue weighted by Crippen LogP contribution is 2.61. The molecule has 282 valence electrons. The summed E-state index contributed by atoms with van der Waals surface area (Å²) in [7, 11) is 0. The Morgan fingerprint density at radius 3 is 2.02 bits per heavy atom. The van der Waals surface area contributed by atoms with Crippen molar-refractivity contribution in [2.45, 2.75) is 17.7 Å². The third-order valence-electron chi connectivity index (χ3n) is 13.3. The summed E-state index contributed by atoms with van der Waals surface area (Å²) in [6.45, 7) is 0. The molecule has 13 rings (SSSR count). The number of nitrogens with one attached hydrogen (secondary N) is 2. The van der Waals surface area contributed by atoms with Crippen molar-refractivity contribution in [2.24, 2.45) is 4.99 Å². The van der Waals surface area contributed by atoms with Crippen LogP contribution in [0.3, 0.4) is 0 Å². The van der Waals surface area contributed by atoms with Crippen molar-refractivity contribution in [1.82, 2.24) is 15.2 Å². The molecule has 4 heteroatoms. The number of nitrogens with zero attached hydrogens (tertiary/aromatic N) is 2. The summed E-state index contributed by atoms with van der Waals surface area (Å²) in [6, 6.07) is 75.8. The Hall–Kier alpha value is -7.53. The molecule has 0 bridgehead atoms. The maximum absolute atomic E-state index is 5.52. The van der Waals surface area contributed by atoms with E-state index in [9.17, 15) is 0 Å². The molecule has 3 unspecified atom stereocenters. The molecule has 0 amide bonds. The number of para-hydroxylation sites is 3. The summed E-state index contributed by atoms with van der Waals surface area (Å²) in [5, 5.41) is 12.7. The average Bonchev–Trinajstić information content (AvgIpc) is 3.82. The van der Waals surface area contributed by atoms with Crippen LogP contribution in [-0.2, 0) is 5.41 Å². The number of aliphatic imine (C=N–C) groups is 1. The van der Waals surface area contributed by atoms with Crippen molar-refractivity contribution in [3.8, 4) is 27.9 Å². The fourth-order valence-corrected chi connectivity index (χ4v) is 10.8. The van der Waals surface area contributed by atoms with Gasteiger partial charge in [0.15, 0.2) is 0 Å². The molecule has 2 N–H and O–H groups in total. The first kappa shape index (κ1) is 33.4. The second-order valence-corrected chi connectivity index (χ2v) is 16.3. The molecule has 0 fully saturated rings. The molecule has 60 heavy (non-hydrogen) atoms. The molecule has 3 atom stereocenters. The van der Waals surface area contributed by atoms with Crippen LogP contribution >= 0.6 is 0 Å². The van der Waals surface area contributed by atoms with Crippen molar-refractivity contribution in [3.05, 3.63) is 245 Å². The van der Waals surface area contributed by atoms with Gasteiger partial charge in [-0.15, -0.1) is 0 Å². The molecule has 1 spiro atoms. The topological polar surface area (TPSA) is 41.4 Å². The van der Waals surface area contributed by atoms with Crippen LogP contribution in [0.1, 0.15) is 51.3 Å². The zero-order valence-electron chi connectivity index (χ0n) is 32.7. The van der Waals surface area contributed by atoms with Gasteiger partial charge in [-0.25, -0.2) is 4.99 Å². The predicted molar refractivity (Wildman–Crippen MR) is 246 cm³/mol. The standard InChI is InChI=1S/C56H38N4/c1-3-17-36(18-4-1)53-57-54(37-19-5-2-6-20-37)59-55(58-53)51-39-21-8-7-16-35(39)30-32-40(51)38-31-33-42-41-22-9-11-25-45(41)56(48(42)34-38)46-26-12-14-29-50(46)60-49-28-13-10-23-43(49)44-24-15-27-47(56)52(44)60/h1-34,53,55,58H,(H,57,59). The van der Waals surface area contributed by atoms with E-state index in [1.165, 1.54) is 88.3 Å². The van der Waals surface area contributed by atoms with Gasteiger partial charge < -0.3 is 9.88 Å². The van der Waals surface area contributed by atoms with Gasteiger partial charge in [0.2, 0.25) is 0 Å². The van der Waals surface area contributed by atoms with E-state index in [4.69, 9.17) is 4.99 Å². The first-order chi connectivity index (χ1) is 29.8. The monoisotopic (exact) mass is 766 g/mol. The van der Waals surface area contributed by atoms with Crippen molar-refractivity contribution in [1.29, 1.82) is 0 Å². The average molecular weight is 767 g/mol. The molecule has 3 heterocycles. The van der Waals surface area contributed by atoms with E-state index in [1.54, 1.807) is 0 Å². The molecule has 2 aliphatic heterocycles. The Balaban J connectivity index is 1.09. The third-order valence-corrected chi connectivity index (χ3v) is 13.3. The fourth-order valence-electron chi connectivity index (χ4n) is 10.8. The van der Waals surface area contributed by atoms with E-state index in [0.29, 0.717) is 0 Å². The second kappa shape index (κ2) is 12.7. The maximum atomic E-state index is 5.52. The van der Waals surface area contributed by atoms with E-state index in [-0.39, 0.29) is 12.3 Å². The van der Waals surface area contributed by atoms with Crippen LogP contribution in [0.4, 0.5) is 0 Å². The van der Waals surface area contributed by atoms with Gasteiger partial charge in [-0.2, -0.15) is 0 Å². The number of fused-ring (bicyclic) bond motifs is 13. The van der Waals surface area contributed by atoms with Gasteiger partial charge in [-0.05, 0) is 79.0 Å². The summed E-state index contributed by atoms with van der Waals surface area (Å²) in [4.78, 5) is 5.52. The van der Waals surface area contributed by atoms with Crippen molar-refractivity contribution >= 4 is 38.4 Å². The number of hydrogen-bond donors (Lipinski definition) is 2. The van der Waals surface area contributed by atoms with Crippen LogP contribution < -0.4 is 10.6 Å². The smallest absolute Gasteiger partial charge is 0.131 e. The molecule has 3 aliphatic rings. The van der Waals surface area contributed by atoms with Crippen LogP contribution in [-0.4, -0.2) is 10.4 Å². The first-order valence-corrected chi connectivity index (χ1v) is 20.9. The molecule has 1 aromatic heterocycles. The molecule has 10 aromatic rings. The van der Waals surface area contributed by atoms with Crippen LogP contribution in [0.2, 0.25) is 0 Å². The molecular formula is C56H38N4. The molecular weight excluding hydrogens is 729 g/mol. The molecule has 0 saturated carbocycles. The Labute approximate surface area is 348 Å². The highest BCUT2D eigenvalue weighted by molar-refractivity contribution is 6.13. The van der Waals surface area contributed by atoms with E-state index in [0.717, 1.165) is 17.0 Å². The lowest BCUT2D eigenvalue weighted by atomic mass is 9.65. The molecule has 4 nitrogen and oxygen atoms in total. The largest absolute Gasteiger partial charge is 0.350 e. The van der Waals surface area contributed by atoms with Crippen LogP contribution in [0, 0.1) is 0 Å². The maximum Gasteiger partial charge on any atom is 0.131 e. The Morgan fingerprint density at radius 2 is 1.13 bits per heavy atom. The van der Waals surface area contributed by atoms with Gasteiger partial charge in [-0.3, -0.25) is 5.32 Å². The fraction of sp³-hybridized carbons (Fsp3) is 0.0536. The third kappa shape index (κ3) is 4.57. The summed E-state index contributed by atoms with van der Waals surface area (Å²) in [5.74, 6) is 0.873. The van der Waals surface area contributed by atoms with Crippen molar-refractivity contribution in [2.75, 3.05) is 0 Å². The van der Waals surface area contributed by atoms with Gasteiger partial charge in [0.1, 0.15) is 18.2 Å². The van der Waals surface area contributed by atoms with Crippen LogP contribution in [0.5, 0.6) is 0 Å². The summed E-state index contributed by atoms with van der Waals surface area (Å²) in [5.41, 5.74) is 16.8. The van der Waals surface area contributed by atoms with Crippen molar-refractivity contribution < 1.29 is 0 Å². The number of aromatic nitrogens is 1. The van der Waals surface area contributed by atoms with Crippen LogP contribution in [0.15, 0.2) is 211 Å². The Kier molecular flexibility index (Phi) is 7.10.